The Hall–Kier alpha value is -2.16. The van der Waals surface area contributed by atoms with Crippen LogP contribution in [0.25, 0.3) is 0 Å². The fourth-order valence-electron chi connectivity index (χ4n) is 2.59. The minimum atomic E-state index is 0.750. The molecule has 0 aliphatic heterocycles. The molecule has 3 nitrogen and oxygen atoms in total. The second-order valence-electron chi connectivity index (χ2n) is 5.59. The molecule has 0 unspecified atom stereocenters. The van der Waals surface area contributed by atoms with E-state index in [4.69, 9.17) is 5.73 Å². The van der Waals surface area contributed by atoms with Gasteiger partial charge in [-0.05, 0) is 48.7 Å². The molecule has 0 saturated heterocycles. The first kappa shape index (κ1) is 16.2. The van der Waals surface area contributed by atoms with E-state index in [9.17, 15) is 0 Å². The van der Waals surface area contributed by atoms with E-state index in [1.54, 1.807) is 0 Å². The lowest BCUT2D eigenvalue weighted by Crippen LogP contribution is -2.24. The van der Waals surface area contributed by atoms with Gasteiger partial charge in [0.1, 0.15) is 0 Å². The molecule has 0 aromatic heterocycles. The molecule has 0 radical (unpaired) electrons. The summed E-state index contributed by atoms with van der Waals surface area (Å²) in [7, 11) is 0. The lowest BCUT2D eigenvalue weighted by atomic mass is 10.1. The van der Waals surface area contributed by atoms with Crippen LogP contribution in [0.1, 0.15) is 32.3 Å². The van der Waals surface area contributed by atoms with E-state index in [1.807, 2.05) is 18.2 Å². The molecule has 0 saturated carbocycles. The molecule has 3 heteroatoms. The van der Waals surface area contributed by atoms with E-state index in [1.165, 1.54) is 18.5 Å². The number of hydrogen-bond acceptors (Lipinski definition) is 3. The van der Waals surface area contributed by atoms with Crippen molar-refractivity contribution >= 4 is 17.1 Å². The molecule has 2 aromatic carbocycles. The zero-order chi connectivity index (χ0) is 15.8. The Morgan fingerprint density at radius 3 is 2.14 bits per heavy atom. The summed E-state index contributed by atoms with van der Waals surface area (Å²) in [5.41, 5.74) is 10.4. The second-order valence-corrected chi connectivity index (χ2v) is 5.59. The minimum absolute atomic E-state index is 0.750. The minimum Gasteiger partial charge on any atom is -0.398 e. The van der Waals surface area contributed by atoms with Gasteiger partial charge in [0.05, 0.1) is 0 Å². The molecule has 0 atom stereocenters. The summed E-state index contributed by atoms with van der Waals surface area (Å²) in [5.74, 6) is 0. The van der Waals surface area contributed by atoms with Crippen LogP contribution in [0.3, 0.4) is 0 Å². The highest BCUT2D eigenvalue weighted by Crippen LogP contribution is 2.20. The summed E-state index contributed by atoms with van der Waals surface area (Å²) in [6, 6.07) is 16.7. The molecular formula is C19H27N3. The van der Waals surface area contributed by atoms with E-state index in [2.05, 4.69) is 54.4 Å². The van der Waals surface area contributed by atoms with Crippen molar-refractivity contribution in [2.75, 3.05) is 29.0 Å². The van der Waals surface area contributed by atoms with Crippen LogP contribution < -0.4 is 16.0 Å². The maximum absolute atomic E-state index is 5.97. The highest BCUT2D eigenvalue weighted by molar-refractivity contribution is 5.56. The van der Waals surface area contributed by atoms with E-state index in [0.717, 1.165) is 36.6 Å². The van der Waals surface area contributed by atoms with Crippen molar-refractivity contribution in [3.63, 3.8) is 0 Å². The largest absolute Gasteiger partial charge is 0.398 e. The lowest BCUT2D eigenvalue weighted by molar-refractivity contribution is 0.745. The first-order valence-corrected chi connectivity index (χ1v) is 8.16. The molecular weight excluding hydrogens is 270 g/mol. The number of nitrogens with two attached hydrogens (primary N) is 1. The first-order chi connectivity index (χ1) is 10.7. The molecule has 0 amide bonds. The average Bonchev–Trinajstić information content (AvgIpc) is 2.54. The predicted molar refractivity (Wildman–Crippen MR) is 97.4 cm³/mol. The quantitative estimate of drug-likeness (QED) is 0.704. The molecule has 0 heterocycles. The SMILES string of the molecule is CCCN(CCC)c1ccc(NCc2ccccc2N)cc1. The van der Waals surface area contributed by atoms with E-state index >= 15 is 0 Å². The molecule has 2 aromatic rings. The van der Waals surface area contributed by atoms with Gasteiger partial charge >= 0.3 is 0 Å². The van der Waals surface area contributed by atoms with Crippen molar-refractivity contribution in [3.8, 4) is 0 Å². The summed E-state index contributed by atoms with van der Waals surface area (Å²) in [5, 5.41) is 3.43. The number of anilines is 3. The molecule has 0 aliphatic carbocycles. The van der Waals surface area contributed by atoms with Gasteiger partial charge in [0.2, 0.25) is 0 Å². The van der Waals surface area contributed by atoms with Gasteiger partial charge in [-0.25, -0.2) is 0 Å². The Morgan fingerprint density at radius 1 is 0.909 bits per heavy atom. The Bertz CT molecular complexity index is 557. The number of rotatable bonds is 8. The van der Waals surface area contributed by atoms with Crippen LogP contribution in [-0.4, -0.2) is 13.1 Å². The van der Waals surface area contributed by atoms with E-state index in [0.29, 0.717) is 0 Å². The number of nitrogens with one attached hydrogen (secondary N) is 1. The molecule has 0 aliphatic rings. The Kier molecular flexibility index (Phi) is 6.13. The molecule has 0 spiro atoms. The summed E-state index contributed by atoms with van der Waals surface area (Å²) < 4.78 is 0. The van der Waals surface area contributed by atoms with Gasteiger partial charge in [0, 0.05) is 36.7 Å². The average molecular weight is 297 g/mol. The van der Waals surface area contributed by atoms with Crippen molar-refractivity contribution in [2.45, 2.75) is 33.2 Å². The highest BCUT2D eigenvalue weighted by Gasteiger charge is 2.04. The van der Waals surface area contributed by atoms with E-state index in [-0.39, 0.29) is 0 Å². The Labute approximate surface area is 134 Å². The third-order valence-electron chi connectivity index (χ3n) is 3.76. The molecule has 118 valence electrons. The lowest BCUT2D eigenvalue weighted by Gasteiger charge is -2.24. The molecule has 3 N–H and O–H groups in total. The fraction of sp³-hybridized carbons (Fsp3) is 0.368. The van der Waals surface area contributed by atoms with Gasteiger partial charge in [-0.1, -0.05) is 32.0 Å². The summed E-state index contributed by atoms with van der Waals surface area (Å²) >= 11 is 0. The number of nitrogens with zero attached hydrogens (tertiary/aromatic N) is 1. The number of nitrogen functional groups attached to an aromatic ring is 1. The van der Waals surface area contributed by atoms with Gasteiger partial charge in [-0.15, -0.1) is 0 Å². The Balaban J connectivity index is 1.98. The van der Waals surface area contributed by atoms with Crippen molar-refractivity contribution in [1.82, 2.24) is 0 Å². The topological polar surface area (TPSA) is 41.3 Å². The van der Waals surface area contributed by atoms with Crippen LogP contribution >= 0.6 is 0 Å². The third kappa shape index (κ3) is 4.42. The normalized spacial score (nSPS) is 10.5. The number of hydrogen-bond donors (Lipinski definition) is 2. The van der Waals surface area contributed by atoms with Crippen LogP contribution in [0.4, 0.5) is 17.1 Å². The van der Waals surface area contributed by atoms with Crippen molar-refractivity contribution < 1.29 is 0 Å². The van der Waals surface area contributed by atoms with Crippen LogP contribution in [0.5, 0.6) is 0 Å². The van der Waals surface area contributed by atoms with Gasteiger partial charge in [0.15, 0.2) is 0 Å². The summed E-state index contributed by atoms with van der Waals surface area (Å²) in [6.45, 7) is 7.42. The third-order valence-corrected chi connectivity index (χ3v) is 3.76. The van der Waals surface area contributed by atoms with Crippen molar-refractivity contribution in [2.24, 2.45) is 0 Å². The van der Waals surface area contributed by atoms with Crippen molar-refractivity contribution in [3.05, 3.63) is 54.1 Å². The van der Waals surface area contributed by atoms with Crippen LogP contribution in [0, 0.1) is 0 Å². The first-order valence-electron chi connectivity index (χ1n) is 8.16. The smallest absolute Gasteiger partial charge is 0.0421 e. The Morgan fingerprint density at radius 2 is 1.55 bits per heavy atom. The fourth-order valence-corrected chi connectivity index (χ4v) is 2.59. The second kappa shape index (κ2) is 8.32. The number of benzene rings is 2. The zero-order valence-electron chi connectivity index (χ0n) is 13.7. The summed E-state index contributed by atoms with van der Waals surface area (Å²) in [4.78, 5) is 2.44. The summed E-state index contributed by atoms with van der Waals surface area (Å²) in [6.07, 6.45) is 2.35. The van der Waals surface area contributed by atoms with Gasteiger partial charge < -0.3 is 16.0 Å². The van der Waals surface area contributed by atoms with Crippen LogP contribution in [0.2, 0.25) is 0 Å². The molecule has 2 rings (SSSR count). The molecule has 22 heavy (non-hydrogen) atoms. The van der Waals surface area contributed by atoms with E-state index < -0.39 is 0 Å². The zero-order valence-corrected chi connectivity index (χ0v) is 13.7. The predicted octanol–water partition coefficient (Wildman–Crippen LogP) is 4.51. The highest BCUT2D eigenvalue weighted by atomic mass is 15.1. The maximum Gasteiger partial charge on any atom is 0.0421 e. The van der Waals surface area contributed by atoms with Gasteiger partial charge in [-0.2, -0.15) is 0 Å². The maximum atomic E-state index is 5.97. The monoisotopic (exact) mass is 297 g/mol. The van der Waals surface area contributed by atoms with Crippen LogP contribution in [0.15, 0.2) is 48.5 Å². The molecule has 0 bridgehead atoms. The van der Waals surface area contributed by atoms with Gasteiger partial charge in [0.25, 0.3) is 0 Å². The molecule has 0 fully saturated rings. The standard InChI is InChI=1S/C19H27N3/c1-3-13-22(14-4-2)18-11-9-17(10-12-18)21-15-16-7-5-6-8-19(16)20/h5-12,21H,3-4,13-15,20H2,1-2H3. The van der Waals surface area contributed by atoms with Crippen LogP contribution in [-0.2, 0) is 6.54 Å². The van der Waals surface area contributed by atoms with Gasteiger partial charge in [-0.3, -0.25) is 0 Å². The number of para-hydroxylation sites is 1. The van der Waals surface area contributed by atoms with Crippen molar-refractivity contribution in [1.29, 1.82) is 0 Å².